The summed E-state index contributed by atoms with van der Waals surface area (Å²) >= 11 is 6.44. The zero-order valence-electron chi connectivity index (χ0n) is 21.9. The van der Waals surface area contributed by atoms with Gasteiger partial charge in [0.25, 0.3) is 5.91 Å². The van der Waals surface area contributed by atoms with Crippen LogP contribution in [0.5, 0.6) is 0 Å². The lowest BCUT2D eigenvalue weighted by Crippen LogP contribution is -2.49. The Kier molecular flexibility index (Phi) is 9.15. The Labute approximate surface area is 231 Å². The van der Waals surface area contributed by atoms with Gasteiger partial charge in [-0.3, -0.25) is 14.4 Å². The summed E-state index contributed by atoms with van der Waals surface area (Å²) in [5.41, 5.74) is 1.73. The Morgan fingerprint density at radius 2 is 1.97 bits per heavy atom. The van der Waals surface area contributed by atoms with Gasteiger partial charge < -0.3 is 19.5 Å². The van der Waals surface area contributed by atoms with Crippen LogP contribution in [0.3, 0.4) is 0 Å². The fraction of sp³-hybridized carbons (Fsp3) is 0.370. The highest BCUT2D eigenvalue weighted by Crippen LogP contribution is 2.30. The number of halogens is 1. The molecule has 0 unspecified atom stereocenters. The lowest BCUT2D eigenvalue weighted by Gasteiger charge is -2.34. The molecule has 2 aromatic heterocycles. The molecule has 1 aromatic carbocycles. The Hall–Kier alpha value is -3.96. The molecule has 1 fully saturated rings. The molecule has 206 valence electrons. The highest BCUT2D eigenvalue weighted by atomic mass is 35.5. The second-order valence-corrected chi connectivity index (χ2v) is 9.27. The third-order valence-corrected chi connectivity index (χ3v) is 6.49. The number of piperidine rings is 1. The number of nitrogens with one attached hydrogen (secondary N) is 1. The largest absolute Gasteiger partial charge is 0.511 e. The van der Waals surface area contributed by atoms with E-state index in [4.69, 9.17) is 25.8 Å². The number of hydrogen-bond acceptors (Lipinski definition) is 9. The number of carbonyl (C=O) groups excluding carboxylic acids is 3. The Bertz CT molecular complexity index is 1320. The van der Waals surface area contributed by atoms with Crippen molar-refractivity contribution in [1.29, 1.82) is 0 Å². The summed E-state index contributed by atoms with van der Waals surface area (Å²) in [6.45, 7) is 4.71. The van der Waals surface area contributed by atoms with Gasteiger partial charge >= 0.3 is 12.1 Å². The van der Waals surface area contributed by atoms with Crippen molar-refractivity contribution in [2.24, 2.45) is 7.05 Å². The standard InChI is InChI=1S/C27H30ClN5O6/c1-4-37-27(36)39-17(2)38-26(35)23-21(16-31-32(23)3)18-9-11-19(12-10-18)25(34)33(20-7-5-13-29-15-20)24-22(28)8-6-14-30-24/h6,8-12,14,16-17,20,29H,4-5,7,13,15H2,1-3H3/t17-,20+/m0/s1. The molecule has 4 rings (SSSR count). The summed E-state index contributed by atoms with van der Waals surface area (Å²) in [6, 6.07) is 10.2. The number of benzene rings is 1. The first-order valence-electron chi connectivity index (χ1n) is 12.6. The zero-order valence-corrected chi connectivity index (χ0v) is 22.7. The zero-order chi connectivity index (χ0) is 27.9. The van der Waals surface area contributed by atoms with Crippen LogP contribution >= 0.6 is 11.6 Å². The Morgan fingerprint density at radius 1 is 1.21 bits per heavy atom. The molecule has 1 aliphatic heterocycles. The highest BCUT2D eigenvalue weighted by molar-refractivity contribution is 6.33. The summed E-state index contributed by atoms with van der Waals surface area (Å²) in [7, 11) is 1.60. The smallest absolute Gasteiger partial charge is 0.435 e. The molecule has 3 aromatic rings. The Morgan fingerprint density at radius 3 is 2.64 bits per heavy atom. The van der Waals surface area contributed by atoms with Crippen LogP contribution in [-0.4, -0.2) is 64.8 Å². The first kappa shape index (κ1) is 28.1. The topological polar surface area (TPSA) is 125 Å². The number of pyridine rings is 1. The maximum Gasteiger partial charge on any atom is 0.511 e. The minimum atomic E-state index is -1.17. The third kappa shape index (κ3) is 6.55. The van der Waals surface area contributed by atoms with Gasteiger partial charge in [-0.2, -0.15) is 5.10 Å². The molecule has 0 radical (unpaired) electrons. The normalized spacial score (nSPS) is 15.7. The minimum Gasteiger partial charge on any atom is -0.435 e. The predicted octanol–water partition coefficient (Wildman–Crippen LogP) is 4.21. The lowest BCUT2D eigenvalue weighted by atomic mass is 10.0. The molecule has 1 aliphatic rings. The first-order chi connectivity index (χ1) is 18.8. The molecular weight excluding hydrogens is 526 g/mol. The van der Waals surface area contributed by atoms with E-state index < -0.39 is 18.4 Å². The average molecular weight is 556 g/mol. The molecule has 0 saturated carbocycles. The fourth-order valence-corrected chi connectivity index (χ4v) is 4.60. The van der Waals surface area contributed by atoms with E-state index in [2.05, 4.69) is 15.4 Å². The van der Waals surface area contributed by atoms with E-state index in [1.807, 2.05) is 0 Å². The molecule has 39 heavy (non-hydrogen) atoms. The second kappa shape index (κ2) is 12.7. The number of ether oxygens (including phenoxy) is 3. The van der Waals surface area contributed by atoms with E-state index >= 15 is 0 Å². The molecule has 1 saturated heterocycles. The van der Waals surface area contributed by atoms with Crippen LogP contribution in [0.25, 0.3) is 11.1 Å². The van der Waals surface area contributed by atoms with Gasteiger partial charge in [-0.25, -0.2) is 14.6 Å². The van der Waals surface area contributed by atoms with Crippen molar-refractivity contribution in [3.8, 4) is 11.1 Å². The summed E-state index contributed by atoms with van der Waals surface area (Å²) in [6.07, 6.45) is 2.79. The third-order valence-electron chi connectivity index (χ3n) is 6.19. The Balaban J connectivity index is 1.56. The summed E-state index contributed by atoms with van der Waals surface area (Å²) < 4.78 is 16.3. The molecule has 1 N–H and O–H groups in total. The molecule has 0 aliphatic carbocycles. The summed E-state index contributed by atoms with van der Waals surface area (Å²) in [5.74, 6) is -0.548. The van der Waals surface area contributed by atoms with Crippen LogP contribution in [-0.2, 0) is 21.3 Å². The van der Waals surface area contributed by atoms with Gasteiger partial charge in [0.15, 0.2) is 11.5 Å². The van der Waals surface area contributed by atoms with Crippen LogP contribution < -0.4 is 10.2 Å². The van der Waals surface area contributed by atoms with E-state index in [1.165, 1.54) is 17.8 Å². The molecule has 3 heterocycles. The van der Waals surface area contributed by atoms with Crippen LogP contribution in [0.1, 0.15) is 47.5 Å². The van der Waals surface area contributed by atoms with Crippen molar-refractivity contribution in [2.45, 2.75) is 39.0 Å². The van der Waals surface area contributed by atoms with Crippen LogP contribution in [0.4, 0.5) is 10.6 Å². The van der Waals surface area contributed by atoms with Gasteiger partial charge in [0.1, 0.15) is 0 Å². The van der Waals surface area contributed by atoms with E-state index in [0.29, 0.717) is 34.1 Å². The summed E-state index contributed by atoms with van der Waals surface area (Å²) in [4.78, 5) is 44.2. The average Bonchev–Trinajstić information content (AvgIpc) is 3.32. The van der Waals surface area contributed by atoms with Crippen molar-refractivity contribution >= 4 is 35.5 Å². The SMILES string of the molecule is CCOC(=O)O[C@@H](C)OC(=O)c1c(-c2ccc(C(=O)N(c3ncccc3Cl)[C@@H]3CCCNC3)cc2)cnn1C. The van der Waals surface area contributed by atoms with Gasteiger partial charge in [-0.1, -0.05) is 23.7 Å². The van der Waals surface area contributed by atoms with Gasteiger partial charge in [0.2, 0.25) is 6.29 Å². The molecule has 0 spiro atoms. The minimum absolute atomic E-state index is 0.100. The van der Waals surface area contributed by atoms with E-state index in [1.54, 1.807) is 61.5 Å². The maximum absolute atomic E-state index is 13.7. The van der Waals surface area contributed by atoms with Gasteiger partial charge in [0, 0.05) is 37.8 Å². The molecule has 11 nitrogen and oxygen atoms in total. The van der Waals surface area contributed by atoms with E-state index in [9.17, 15) is 14.4 Å². The predicted molar refractivity (Wildman–Crippen MR) is 144 cm³/mol. The quantitative estimate of drug-likeness (QED) is 0.321. The number of esters is 1. The van der Waals surface area contributed by atoms with Crippen LogP contribution in [0.2, 0.25) is 5.02 Å². The maximum atomic E-state index is 13.7. The number of aryl methyl sites for hydroxylation is 1. The van der Waals surface area contributed by atoms with Gasteiger partial charge in [-0.15, -0.1) is 0 Å². The highest BCUT2D eigenvalue weighted by Gasteiger charge is 2.30. The van der Waals surface area contributed by atoms with E-state index in [-0.39, 0.29) is 24.2 Å². The molecule has 0 bridgehead atoms. The van der Waals surface area contributed by atoms with Crippen molar-refractivity contribution < 1.29 is 28.6 Å². The number of aromatic nitrogens is 3. The van der Waals surface area contributed by atoms with Crippen molar-refractivity contribution in [3.05, 3.63) is 65.1 Å². The molecule has 1 amide bonds. The number of carbonyl (C=O) groups is 3. The van der Waals surface area contributed by atoms with Crippen molar-refractivity contribution in [1.82, 2.24) is 20.1 Å². The summed E-state index contributed by atoms with van der Waals surface area (Å²) in [5, 5.41) is 7.92. The number of anilines is 1. The van der Waals surface area contributed by atoms with Crippen LogP contribution in [0.15, 0.2) is 48.8 Å². The number of nitrogens with zero attached hydrogens (tertiary/aromatic N) is 4. The first-order valence-corrected chi connectivity index (χ1v) is 13.0. The lowest BCUT2D eigenvalue weighted by molar-refractivity contribution is -0.0815. The molecule has 12 heteroatoms. The monoisotopic (exact) mass is 555 g/mol. The van der Waals surface area contributed by atoms with Crippen molar-refractivity contribution in [3.63, 3.8) is 0 Å². The number of rotatable bonds is 8. The van der Waals surface area contributed by atoms with Gasteiger partial charge in [-0.05, 0) is 56.1 Å². The fourth-order valence-electron chi connectivity index (χ4n) is 4.38. The van der Waals surface area contributed by atoms with Gasteiger partial charge in [0.05, 0.1) is 23.9 Å². The number of hydrogen-bond donors (Lipinski definition) is 1. The van der Waals surface area contributed by atoms with E-state index in [0.717, 1.165) is 19.4 Å². The van der Waals surface area contributed by atoms with Crippen molar-refractivity contribution in [2.75, 3.05) is 24.6 Å². The molecule has 2 atom stereocenters. The second-order valence-electron chi connectivity index (χ2n) is 8.87. The number of amides is 1. The molecular formula is C27H30ClN5O6. The van der Waals surface area contributed by atoms with Crippen LogP contribution in [0, 0.1) is 0 Å².